The van der Waals surface area contributed by atoms with E-state index in [4.69, 9.17) is 9.47 Å². The van der Waals surface area contributed by atoms with Crippen molar-refractivity contribution in [2.24, 2.45) is 4.99 Å². The summed E-state index contributed by atoms with van der Waals surface area (Å²) in [6.45, 7) is 8.22. The van der Waals surface area contributed by atoms with E-state index in [0.29, 0.717) is 43.4 Å². The normalized spacial score (nSPS) is 13.4. The molecule has 1 aliphatic heterocycles. The quantitative estimate of drug-likeness (QED) is 0.687. The predicted octanol–water partition coefficient (Wildman–Crippen LogP) is 4.54. The first kappa shape index (κ1) is 20.3. The highest BCUT2D eigenvalue weighted by molar-refractivity contribution is 8.13. The van der Waals surface area contributed by atoms with Gasteiger partial charge in [-0.05, 0) is 44.5 Å². The zero-order valence-corrected chi connectivity index (χ0v) is 17.4. The predicted molar refractivity (Wildman–Crippen MR) is 115 cm³/mol. The number of thioether (sulfide) groups is 1. The van der Waals surface area contributed by atoms with Gasteiger partial charge in [0, 0.05) is 17.9 Å². The summed E-state index contributed by atoms with van der Waals surface area (Å²) in [4.78, 5) is 19.4. The Morgan fingerprint density at radius 2 is 1.89 bits per heavy atom. The Morgan fingerprint density at radius 3 is 2.64 bits per heavy atom. The molecule has 5 nitrogen and oxygen atoms in total. The largest absolute Gasteiger partial charge is 0.490 e. The second-order valence-electron chi connectivity index (χ2n) is 6.43. The molecular weight excluding hydrogens is 372 g/mol. The topological polar surface area (TPSA) is 51.1 Å². The summed E-state index contributed by atoms with van der Waals surface area (Å²) in [5.74, 6) is 1.99. The Kier molecular flexibility index (Phi) is 6.98. The van der Waals surface area contributed by atoms with Crippen molar-refractivity contribution in [3.63, 3.8) is 0 Å². The van der Waals surface area contributed by atoms with E-state index in [2.05, 4.69) is 36.2 Å². The summed E-state index contributed by atoms with van der Waals surface area (Å²) >= 11 is 1.60. The van der Waals surface area contributed by atoms with Crippen molar-refractivity contribution in [3.8, 4) is 11.5 Å². The van der Waals surface area contributed by atoms with Crippen molar-refractivity contribution < 1.29 is 14.3 Å². The molecular formula is C22H26N2O3S. The van der Waals surface area contributed by atoms with Crippen LogP contribution in [0.4, 0.5) is 0 Å². The van der Waals surface area contributed by atoms with Crippen LogP contribution in [0.1, 0.15) is 35.3 Å². The monoisotopic (exact) mass is 398 g/mol. The number of hydrogen-bond donors (Lipinski definition) is 0. The molecule has 0 unspecified atom stereocenters. The van der Waals surface area contributed by atoms with Crippen LogP contribution < -0.4 is 9.47 Å². The van der Waals surface area contributed by atoms with Gasteiger partial charge in [-0.25, -0.2) is 0 Å². The number of ether oxygens (including phenoxy) is 2. The van der Waals surface area contributed by atoms with Crippen molar-refractivity contribution >= 4 is 22.8 Å². The molecule has 0 atom stereocenters. The fraction of sp³-hybridized carbons (Fsp3) is 0.364. The Bertz CT molecular complexity index is 867. The van der Waals surface area contributed by atoms with Gasteiger partial charge in [0.2, 0.25) is 0 Å². The highest BCUT2D eigenvalue weighted by Crippen LogP contribution is 2.30. The van der Waals surface area contributed by atoms with Gasteiger partial charge in [0.1, 0.15) is 0 Å². The Labute approximate surface area is 170 Å². The number of hydrogen-bond acceptors (Lipinski definition) is 5. The van der Waals surface area contributed by atoms with Crippen LogP contribution >= 0.6 is 11.8 Å². The van der Waals surface area contributed by atoms with Gasteiger partial charge in [-0.3, -0.25) is 14.7 Å². The third kappa shape index (κ3) is 4.87. The van der Waals surface area contributed by atoms with E-state index >= 15 is 0 Å². The molecule has 0 fully saturated rings. The summed E-state index contributed by atoms with van der Waals surface area (Å²) in [6, 6.07) is 13.8. The lowest BCUT2D eigenvalue weighted by Gasteiger charge is -2.19. The first-order valence-corrected chi connectivity index (χ1v) is 10.5. The zero-order valence-electron chi connectivity index (χ0n) is 16.6. The van der Waals surface area contributed by atoms with Crippen molar-refractivity contribution in [1.82, 2.24) is 4.90 Å². The molecule has 1 amide bonds. The average molecular weight is 399 g/mol. The first-order chi connectivity index (χ1) is 13.6. The Morgan fingerprint density at radius 1 is 1.11 bits per heavy atom. The minimum absolute atomic E-state index is 0.0583. The Hall–Kier alpha value is -2.47. The maximum absolute atomic E-state index is 13.1. The van der Waals surface area contributed by atoms with Gasteiger partial charge in [-0.1, -0.05) is 41.6 Å². The zero-order chi connectivity index (χ0) is 19.9. The molecule has 0 bridgehead atoms. The van der Waals surface area contributed by atoms with E-state index in [1.54, 1.807) is 34.9 Å². The first-order valence-electron chi connectivity index (χ1n) is 9.56. The molecule has 1 heterocycles. The van der Waals surface area contributed by atoms with Crippen molar-refractivity contribution in [1.29, 1.82) is 0 Å². The molecule has 2 aromatic rings. The number of amides is 1. The number of aryl methyl sites for hydroxylation is 1. The van der Waals surface area contributed by atoms with Gasteiger partial charge in [-0.2, -0.15) is 0 Å². The lowest BCUT2D eigenvalue weighted by Crippen LogP contribution is -2.32. The summed E-state index contributed by atoms with van der Waals surface area (Å²) in [6.07, 6.45) is 0. The fourth-order valence-corrected chi connectivity index (χ4v) is 4.02. The average Bonchev–Trinajstić information content (AvgIpc) is 3.16. The van der Waals surface area contributed by atoms with Crippen molar-refractivity contribution in [3.05, 3.63) is 59.2 Å². The van der Waals surface area contributed by atoms with Crippen LogP contribution in [0.3, 0.4) is 0 Å². The molecule has 0 saturated heterocycles. The third-order valence-corrected chi connectivity index (χ3v) is 5.37. The van der Waals surface area contributed by atoms with Crippen LogP contribution in [0.5, 0.6) is 11.5 Å². The van der Waals surface area contributed by atoms with Gasteiger partial charge in [0.05, 0.1) is 19.8 Å². The van der Waals surface area contributed by atoms with Gasteiger partial charge in [0.25, 0.3) is 5.91 Å². The molecule has 0 N–H and O–H groups in total. The van der Waals surface area contributed by atoms with Gasteiger partial charge in [0.15, 0.2) is 16.7 Å². The number of benzene rings is 2. The van der Waals surface area contributed by atoms with Crippen LogP contribution in [-0.4, -0.2) is 42.3 Å². The number of amidine groups is 1. The standard InChI is InChI=1S/C22H26N2O3S/c1-4-26-19-10-9-18(14-20(19)27-5-2)21(25)24-12-11-23-22(24)28-15-17-8-6-7-16(3)13-17/h6-10,13-14H,4-5,11-12,15H2,1-3H3. The van der Waals surface area contributed by atoms with Crippen LogP contribution in [-0.2, 0) is 5.75 Å². The van der Waals surface area contributed by atoms with E-state index in [1.165, 1.54) is 11.1 Å². The molecule has 148 valence electrons. The van der Waals surface area contributed by atoms with Gasteiger partial charge < -0.3 is 9.47 Å². The minimum atomic E-state index is -0.0583. The SMILES string of the molecule is CCOc1ccc(C(=O)N2CCN=C2SCc2cccc(C)c2)cc1OCC. The maximum Gasteiger partial charge on any atom is 0.260 e. The summed E-state index contributed by atoms with van der Waals surface area (Å²) in [5, 5.41) is 0.776. The smallest absolute Gasteiger partial charge is 0.260 e. The molecule has 2 aromatic carbocycles. The van der Waals surface area contributed by atoms with Crippen LogP contribution in [0.2, 0.25) is 0 Å². The van der Waals surface area contributed by atoms with Gasteiger partial charge in [-0.15, -0.1) is 0 Å². The van der Waals surface area contributed by atoms with Crippen LogP contribution in [0.15, 0.2) is 47.5 Å². The number of rotatable bonds is 7. The number of carbonyl (C=O) groups excluding carboxylic acids is 1. The molecule has 28 heavy (non-hydrogen) atoms. The van der Waals surface area contributed by atoms with Crippen molar-refractivity contribution in [2.75, 3.05) is 26.3 Å². The van der Waals surface area contributed by atoms with E-state index in [9.17, 15) is 4.79 Å². The molecule has 0 radical (unpaired) electrons. The summed E-state index contributed by atoms with van der Waals surface area (Å²) < 4.78 is 11.2. The number of carbonyl (C=O) groups is 1. The van der Waals surface area contributed by atoms with E-state index in [0.717, 1.165) is 10.9 Å². The molecule has 0 aliphatic carbocycles. The van der Waals surface area contributed by atoms with Gasteiger partial charge >= 0.3 is 0 Å². The van der Waals surface area contributed by atoms with Crippen LogP contribution in [0, 0.1) is 6.92 Å². The number of nitrogens with zero attached hydrogens (tertiary/aromatic N) is 2. The molecule has 0 spiro atoms. The minimum Gasteiger partial charge on any atom is -0.490 e. The second-order valence-corrected chi connectivity index (χ2v) is 7.37. The van der Waals surface area contributed by atoms with Crippen LogP contribution in [0.25, 0.3) is 0 Å². The van der Waals surface area contributed by atoms with Crippen molar-refractivity contribution in [2.45, 2.75) is 26.5 Å². The van der Waals surface area contributed by atoms with E-state index in [-0.39, 0.29) is 5.91 Å². The molecule has 0 aromatic heterocycles. The number of aliphatic imine (C=N–C) groups is 1. The second kappa shape index (κ2) is 9.64. The Balaban J connectivity index is 1.72. The fourth-order valence-electron chi connectivity index (χ4n) is 3.03. The molecule has 1 aliphatic rings. The van der Waals surface area contributed by atoms with E-state index in [1.807, 2.05) is 13.8 Å². The summed E-state index contributed by atoms with van der Waals surface area (Å²) in [7, 11) is 0. The highest BCUT2D eigenvalue weighted by Gasteiger charge is 2.26. The molecule has 3 rings (SSSR count). The lowest BCUT2D eigenvalue weighted by atomic mass is 10.1. The molecule has 6 heteroatoms. The maximum atomic E-state index is 13.1. The van der Waals surface area contributed by atoms with E-state index < -0.39 is 0 Å². The summed E-state index contributed by atoms with van der Waals surface area (Å²) in [5.41, 5.74) is 3.04. The highest BCUT2D eigenvalue weighted by atomic mass is 32.2. The lowest BCUT2D eigenvalue weighted by molar-refractivity contribution is 0.0860. The molecule has 0 saturated carbocycles. The third-order valence-electron chi connectivity index (χ3n) is 4.29.